The number of anilines is 2. The Labute approximate surface area is 118 Å². The van der Waals surface area contributed by atoms with Crippen molar-refractivity contribution in [3.63, 3.8) is 0 Å². The molecule has 1 heterocycles. The Kier molecular flexibility index (Phi) is 3.81. The zero-order valence-electron chi connectivity index (χ0n) is 9.96. The van der Waals surface area contributed by atoms with Gasteiger partial charge in [-0.1, -0.05) is 11.6 Å². The number of phenols is 3. The topological polar surface area (TPSA) is 115 Å². The van der Waals surface area contributed by atoms with Gasteiger partial charge >= 0.3 is 6.03 Å². The molecule has 0 fully saturated rings. The number of phenolic OH excluding ortho intramolecular Hbond substituents is 3. The van der Waals surface area contributed by atoms with Crippen molar-refractivity contribution < 1.29 is 20.1 Å². The van der Waals surface area contributed by atoms with Crippen molar-refractivity contribution in [2.75, 3.05) is 10.6 Å². The first-order chi connectivity index (χ1) is 9.45. The molecule has 0 aliphatic rings. The Bertz CT molecular complexity index is 640. The van der Waals surface area contributed by atoms with Crippen LogP contribution in [0.25, 0.3) is 0 Å². The van der Waals surface area contributed by atoms with Crippen LogP contribution in [0.15, 0.2) is 30.5 Å². The molecule has 1 aromatic carbocycles. The molecule has 20 heavy (non-hydrogen) atoms. The number of aromatic nitrogens is 1. The first-order valence-corrected chi connectivity index (χ1v) is 5.78. The van der Waals surface area contributed by atoms with Gasteiger partial charge in [0.05, 0.1) is 5.69 Å². The number of carbonyl (C=O) groups excluding carboxylic acids is 1. The second-order valence-electron chi connectivity index (χ2n) is 3.80. The predicted molar refractivity (Wildman–Crippen MR) is 73.3 cm³/mol. The number of amides is 2. The van der Waals surface area contributed by atoms with Gasteiger partial charge in [0.15, 0.2) is 17.2 Å². The first kappa shape index (κ1) is 13.8. The number of benzene rings is 1. The van der Waals surface area contributed by atoms with E-state index in [1.165, 1.54) is 12.3 Å². The maximum atomic E-state index is 11.7. The lowest BCUT2D eigenvalue weighted by Gasteiger charge is -2.09. The molecule has 2 amide bonds. The van der Waals surface area contributed by atoms with Gasteiger partial charge in [0, 0.05) is 23.4 Å². The van der Waals surface area contributed by atoms with Crippen molar-refractivity contribution in [1.82, 2.24) is 4.98 Å². The van der Waals surface area contributed by atoms with Crippen LogP contribution in [0.2, 0.25) is 5.02 Å². The number of hydrogen-bond acceptors (Lipinski definition) is 5. The standard InChI is InChI=1S/C12H10ClN3O4/c13-6-1-2-14-10(3-6)16-12(20)15-7-4-8(17)11(19)9(18)5-7/h1-5,17-19H,(H2,14,15,16,20). The fourth-order valence-electron chi connectivity index (χ4n) is 1.43. The van der Waals surface area contributed by atoms with E-state index in [2.05, 4.69) is 15.6 Å². The summed E-state index contributed by atoms with van der Waals surface area (Å²) in [6, 6.07) is 4.53. The zero-order valence-corrected chi connectivity index (χ0v) is 10.7. The maximum absolute atomic E-state index is 11.7. The van der Waals surface area contributed by atoms with Crippen LogP contribution in [0.3, 0.4) is 0 Å². The number of pyridine rings is 1. The van der Waals surface area contributed by atoms with E-state index in [0.717, 1.165) is 12.1 Å². The summed E-state index contributed by atoms with van der Waals surface area (Å²) >= 11 is 5.74. The number of rotatable bonds is 2. The van der Waals surface area contributed by atoms with E-state index in [1.807, 2.05) is 0 Å². The molecule has 0 radical (unpaired) electrons. The molecule has 0 unspecified atom stereocenters. The molecule has 5 N–H and O–H groups in total. The molecule has 8 heteroatoms. The van der Waals surface area contributed by atoms with Gasteiger partial charge in [0.2, 0.25) is 0 Å². The van der Waals surface area contributed by atoms with Crippen molar-refractivity contribution in [1.29, 1.82) is 0 Å². The molecule has 0 atom stereocenters. The van der Waals surface area contributed by atoms with Crippen LogP contribution in [0.4, 0.5) is 16.3 Å². The summed E-state index contributed by atoms with van der Waals surface area (Å²) in [6.07, 6.45) is 1.43. The molecule has 0 bridgehead atoms. The highest BCUT2D eigenvalue weighted by Crippen LogP contribution is 2.37. The predicted octanol–water partition coefficient (Wildman–Crippen LogP) is 2.50. The van der Waals surface area contributed by atoms with Crippen LogP contribution in [0, 0.1) is 0 Å². The van der Waals surface area contributed by atoms with Gasteiger partial charge < -0.3 is 20.6 Å². The highest BCUT2D eigenvalue weighted by molar-refractivity contribution is 6.30. The molecule has 0 aliphatic heterocycles. The van der Waals surface area contributed by atoms with E-state index in [0.29, 0.717) is 5.02 Å². The second kappa shape index (κ2) is 5.54. The van der Waals surface area contributed by atoms with Gasteiger partial charge in [-0.2, -0.15) is 0 Å². The third kappa shape index (κ3) is 3.21. The van der Waals surface area contributed by atoms with Gasteiger partial charge in [-0.25, -0.2) is 9.78 Å². The summed E-state index contributed by atoms with van der Waals surface area (Å²) in [4.78, 5) is 15.5. The van der Waals surface area contributed by atoms with Crippen molar-refractivity contribution in [2.45, 2.75) is 0 Å². The molecule has 0 saturated carbocycles. The lowest BCUT2D eigenvalue weighted by atomic mass is 10.2. The quantitative estimate of drug-likeness (QED) is 0.431. The molecular formula is C12H10ClN3O4. The lowest BCUT2D eigenvalue weighted by Crippen LogP contribution is -2.19. The Morgan fingerprint density at radius 3 is 2.35 bits per heavy atom. The van der Waals surface area contributed by atoms with Gasteiger partial charge in [-0.15, -0.1) is 0 Å². The Morgan fingerprint density at radius 1 is 1.10 bits per heavy atom. The first-order valence-electron chi connectivity index (χ1n) is 5.40. The van der Waals surface area contributed by atoms with Crippen LogP contribution in [-0.2, 0) is 0 Å². The van der Waals surface area contributed by atoms with E-state index < -0.39 is 23.3 Å². The summed E-state index contributed by atoms with van der Waals surface area (Å²) in [6.45, 7) is 0. The van der Waals surface area contributed by atoms with Crippen molar-refractivity contribution in [2.24, 2.45) is 0 Å². The molecule has 2 rings (SSSR count). The molecule has 2 aromatic rings. The summed E-state index contributed by atoms with van der Waals surface area (Å²) in [5, 5.41) is 33.0. The lowest BCUT2D eigenvalue weighted by molar-refractivity contribution is 0.262. The number of halogens is 1. The fourth-order valence-corrected chi connectivity index (χ4v) is 1.59. The highest BCUT2D eigenvalue weighted by Gasteiger charge is 2.10. The van der Waals surface area contributed by atoms with Gasteiger partial charge in [0.25, 0.3) is 0 Å². The minimum atomic E-state index is -0.660. The van der Waals surface area contributed by atoms with Crippen LogP contribution in [-0.4, -0.2) is 26.3 Å². The number of urea groups is 1. The van der Waals surface area contributed by atoms with Crippen molar-refractivity contribution >= 4 is 29.1 Å². The fraction of sp³-hybridized carbons (Fsp3) is 0. The molecule has 0 spiro atoms. The Balaban J connectivity index is 2.09. The number of aromatic hydroxyl groups is 3. The number of nitrogens with one attached hydrogen (secondary N) is 2. The van der Waals surface area contributed by atoms with Crippen molar-refractivity contribution in [3.8, 4) is 17.2 Å². The van der Waals surface area contributed by atoms with E-state index in [1.54, 1.807) is 6.07 Å². The summed E-state index contributed by atoms with van der Waals surface area (Å²) in [5.41, 5.74) is 0.0947. The minimum absolute atomic E-state index is 0.0947. The molecule has 0 aliphatic carbocycles. The van der Waals surface area contributed by atoms with Gasteiger partial charge in [0.1, 0.15) is 5.82 Å². The van der Waals surface area contributed by atoms with Crippen LogP contribution < -0.4 is 10.6 Å². The SMILES string of the molecule is O=C(Nc1cc(O)c(O)c(O)c1)Nc1cc(Cl)ccn1. The van der Waals surface area contributed by atoms with E-state index >= 15 is 0 Å². The maximum Gasteiger partial charge on any atom is 0.324 e. The largest absolute Gasteiger partial charge is 0.504 e. The van der Waals surface area contributed by atoms with Crippen LogP contribution in [0.1, 0.15) is 0 Å². The van der Waals surface area contributed by atoms with E-state index in [4.69, 9.17) is 11.6 Å². The third-order valence-electron chi connectivity index (χ3n) is 2.29. The monoisotopic (exact) mass is 295 g/mol. The Morgan fingerprint density at radius 2 is 1.75 bits per heavy atom. The zero-order chi connectivity index (χ0) is 14.7. The third-order valence-corrected chi connectivity index (χ3v) is 2.53. The van der Waals surface area contributed by atoms with Crippen molar-refractivity contribution in [3.05, 3.63) is 35.5 Å². The average Bonchev–Trinajstić information content (AvgIpc) is 2.35. The van der Waals surface area contributed by atoms with E-state index in [-0.39, 0.29) is 11.5 Å². The minimum Gasteiger partial charge on any atom is -0.504 e. The average molecular weight is 296 g/mol. The highest BCUT2D eigenvalue weighted by atomic mass is 35.5. The summed E-state index contributed by atoms with van der Waals surface area (Å²) in [5.74, 6) is -1.53. The molecule has 7 nitrogen and oxygen atoms in total. The molecule has 0 saturated heterocycles. The molecule has 104 valence electrons. The van der Waals surface area contributed by atoms with Crippen LogP contribution in [0.5, 0.6) is 17.2 Å². The summed E-state index contributed by atoms with van der Waals surface area (Å²) in [7, 11) is 0. The normalized spacial score (nSPS) is 10.1. The summed E-state index contributed by atoms with van der Waals surface area (Å²) < 4.78 is 0. The number of hydrogen-bond donors (Lipinski definition) is 5. The number of nitrogens with zero attached hydrogens (tertiary/aromatic N) is 1. The number of carbonyl (C=O) groups is 1. The van der Waals surface area contributed by atoms with E-state index in [9.17, 15) is 20.1 Å². The van der Waals surface area contributed by atoms with Gasteiger partial charge in [-0.3, -0.25) is 5.32 Å². The van der Waals surface area contributed by atoms with Crippen LogP contribution >= 0.6 is 11.6 Å². The Hall–Kier alpha value is -2.67. The van der Waals surface area contributed by atoms with Gasteiger partial charge in [-0.05, 0) is 12.1 Å². The second-order valence-corrected chi connectivity index (χ2v) is 4.24. The smallest absolute Gasteiger partial charge is 0.324 e. The molecular weight excluding hydrogens is 286 g/mol. The molecule has 1 aromatic heterocycles.